The first-order chi connectivity index (χ1) is 25.8. The fourth-order valence-corrected chi connectivity index (χ4v) is 7.34. The molecule has 0 radical (unpaired) electrons. The fraction of sp³-hybridized carbons (Fsp3) is 0.146. The minimum atomic E-state index is -1.13. The Morgan fingerprint density at radius 3 is 2.57 bits per heavy atom. The maximum Gasteiger partial charge on any atom is 0.336 e. The van der Waals surface area contributed by atoms with Crippen LogP contribution in [-0.4, -0.2) is 56.7 Å². The van der Waals surface area contributed by atoms with Crippen LogP contribution in [0.15, 0.2) is 102 Å². The number of aromatic nitrogens is 3. The smallest absolute Gasteiger partial charge is 0.336 e. The largest absolute Gasteiger partial charge is 0.478 e. The van der Waals surface area contributed by atoms with E-state index < -0.39 is 5.97 Å². The van der Waals surface area contributed by atoms with Crippen LogP contribution in [0.2, 0.25) is 0 Å². The van der Waals surface area contributed by atoms with Crippen molar-refractivity contribution in [1.82, 2.24) is 19.9 Å². The zero-order valence-electron chi connectivity index (χ0n) is 28.3. The van der Waals surface area contributed by atoms with Crippen molar-refractivity contribution in [2.75, 3.05) is 25.6 Å². The maximum atomic E-state index is 14.1. The lowest BCUT2D eigenvalue weighted by Gasteiger charge is -2.31. The van der Waals surface area contributed by atoms with Gasteiger partial charge in [-0.25, -0.2) is 9.78 Å². The molecule has 12 nitrogen and oxygen atoms in total. The second-order valence-electron chi connectivity index (χ2n) is 13.2. The summed E-state index contributed by atoms with van der Waals surface area (Å²) in [7, 11) is 0. The first-order valence-corrected chi connectivity index (χ1v) is 17.2. The number of amides is 1. The molecule has 5 heterocycles. The number of aromatic amines is 1. The number of nitrogens with zero attached hydrogens (tertiary/aromatic N) is 3. The van der Waals surface area contributed by atoms with E-state index in [1.807, 2.05) is 36.4 Å². The number of piperidine rings is 1. The number of carboxylic acid groups (broad SMARTS) is 1. The summed E-state index contributed by atoms with van der Waals surface area (Å²) in [5.74, 6) is 1.34. The molecule has 0 atom stereocenters. The summed E-state index contributed by atoms with van der Waals surface area (Å²) in [5, 5.41) is 19.3. The number of carboxylic acids is 1. The molecule has 1 amide bonds. The number of carbonyl (C=O) groups excluding carboxylic acids is 1. The number of aromatic carboxylic acids is 1. The number of H-pyrrole nitrogens is 1. The van der Waals surface area contributed by atoms with Crippen LogP contribution in [0.3, 0.4) is 0 Å². The lowest BCUT2D eigenvalue weighted by Crippen LogP contribution is -2.38. The molecule has 2 aromatic heterocycles. The van der Waals surface area contributed by atoms with Gasteiger partial charge in [0.2, 0.25) is 6.79 Å². The standard InChI is InChI=1S/C41H32N6O6/c42-25-6-9-28-33(19-25)53-34-20-26(43)7-10-29(34)36(28)30-17-24(4-8-27(30)41(49)50)40(48)47-15-12-22(13-16-47)39-45-37(38(46-39)31-3-1-2-14-44-31)23-5-11-32-35(18-23)52-21-51-32/h1-11,14,17-20,22,42H,12-13,15-16,21,43H2,(H,45,46)(H,49,50). The predicted molar refractivity (Wildman–Crippen MR) is 197 cm³/mol. The molecule has 5 aromatic rings. The van der Waals surface area contributed by atoms with Crippen molar-refractivity contribution in [2.45, 2.75) is 18.8 Å². The number of nitrogens with one attached hydrogen (secondary N) is 2. The number of imidazole rings is 1. The van der Waals surface area contributed by atoms with Crippen LogP contribution >= 0.6 is 0 Å². The predicted octanol–water partition coefficient (Wildman–Crippen LogP) is 7.17. The zero-order chi connectivity index (χ0) is 36.2. The van der Waals surface area contributed by atoms with Crippen molar-refractivity contribution in [3.8, 4) is 56.6 Å². The number of hydrogen-bond acceptors (Lipinski definition) is 9. The molecular formula is C41H32N6O6. The number of pyridine rings is 1. The van der Waals surface area contributed by atoms with Crippen molar-refractivity contribution in [3.63, 3.8) is 0 Å². The van der Waals surface area contributed by atoms with E-state index in [0.29, 0.717) is 82.1 Å². The van der Waals surface area contributed by atoms with Crippen molar-refractivity contribution in [3.05, 3.63) is 120 Å². The van der Waals surface area contributed by atoms with Crippen LogP contribution in [0.5, 0.6) is 11.5 Å². The topological polar surface area (TPSA) is 181 Å². The van der Waals surface area contributed by atoms with E-state index in [9.17, 15) is 14.7 Å². The molecule has 0 unspecified atom stereocenters. The maximum absolute atomic E-state index is 14.1. The number of nitrogen functional groups attached to an aromatic ring is 1. The van der Waals surface area contributed by atoms with Crippen molar-refractivity contribution in [2.24, 2.45) is 0 Å². The SMILES string of the molecule is N=c1ccc2c(-c3cc(C(=O)N4CCC(c5nc(-c6ccc7c(c6)OCO7)c(-c6ccccn6)[nH]5)CC4)ccc3C(=O)O)c3ccc(N)cc3oc-2c1. The first-order valence-electron chi connectivity index (χ1n) is 17.2. The highest BCUT2D eigenvalue weighted by Crippen LogP contribution is 2.43. The molecule has 1 aliphatic carbocycles. The van der Waals surface area contributed by atoms with Gasteiger partial charge in [-0.2, -0.15) is 0 Å². The van der Waals surface area contributed by atoms with Gasteiger partial charge in [-0.15, -0.1) is 0 Å². The van der Waals surface area contributed by atoms with Crippen LogP contribution in [0.4, 0.5) is 5.69 Å². The minimum absolute atomic E-state index is 0.0422. The Kier molecular flexibility index (Phi) is 7.65. The van der Waals surface area contributed by atoms with E-state index in [2.05, 4.69) is 9.97 Å². The molecule has 1 fully saturated rings. The van der Waals surface area contributed by atoms with E-state index >= 15 is 0 Å². The summed E-state index contributed by atoms with van der Waals surface area (Å²) < 4.78 is 17.3. The van der Waals surface area contributed by atoms with Crippen molar-refractivity contribution >= 4 is 28.5 Å². The molecule has 9 rings (SSSR count). The van der Waals surface area contributed by atoms with Crippen LogP contribution < -0.4 is 20.6 Å². The van der Waals surface area contributed by atoms with Crippen LogP contribution in [0.25, 0.3) is 56.1 Å². The minimum Gasteiger partial charge on any atom is -0.478 e. The second-order valence-corrected chi connectivity index (χ2v) is 13.2. The third kappa shape index (κ3) is 5.70. The Hall–Kier alpha value is -6.95. The number of nitrogens with two attached hydrogens (primary N) is 1. The molecule has 0 spiro atoms. The van der Waals surface area contributed by atoms with E-state index in [4.69, 9.17) is 30.0 Å². The summed E-state index contributed by atoms with van der Waals surface area (Å²) in [5.41, 5.74) is 12.2. The lowest BCUT2D eigenvalue weighted by molar-refractivity contribution is 0.0689. The Labute approximate surface area is 302 Å². The third-order valence-electron chi connectivity index (χ3n) is 9.97. The molecule has 12 heteroatoms. The van der Waals surface area contributed by atoms with Crippen LogP contribution in [-0.2, 0) is 0 Å². The number of benzene rings is 4. The summed E-state index contributed by atoms with van der Waals surface area (Å²) >= 11 is 0. The quantitative estimate of drug-likeness (QED) is 0.103. The molecular weight excluding hydrogens is 672 g/mol. The Bertz CT molecular complexity index is 2610. The molecule has 262 valence electrons. The monoisotopic (exact) mass is 704 g/mol. The molecule has 53 heavy (non-hydrogen) atoms. The van der Waals surface area contributed by atoms with Gasteiger partial charge in [0.25, 0.3) is 5.91 Å². The highest BCUT2D eigenvalue weighted by Gasteiger charge is 2.30. The number of anilines is 1. The third-order valence-corrected chi connectivity index (χ3v) is 9.97. The van der Waals surface area contributed by atoms with E-state index in [-0.39, 0.29) is 29.5 Å². The van der Waals surface area contributed by atoms with Crippen LogP contribution in [0.1, 0.15) is 45.3 Å². The number of ether oxygens (including phenoxy) is 2. The van der Waals surface area contributed by atoms with Gasteiger partial charge >= 0.3 is 5.97 Å². The Balaban J connectivity index is 1.03. The lowest BCUT2D eigenvalue weighted by atomic mass is 9.89. The Morgan fingerprint density at radius 1 is 0.906 bits per heavy atom. The Morgan fingerprint density at radius 2 is 1.75 bits per heavy atom. The fourth-order valence-electron chi connectivity index (χ4n) is 7.34. The average Bonchev–Trinajstić information content (AvgIpc) is 3.84. The molecule has 0 bridgehead atoms. The normalized spacial score (nSPS) is 14.2. The molecule has 3 aliphatic heterocycles. The van der Waals surface area contributed by atoms with Gasteiger partial charge in [-0.1, -0.05) is 6.07 Å². The molecule has 0 saturated carbocycles. The highest BCUT2D eigenvalue weighted by molar-refractivity contribution is 6.09. The van der Waals surface area contributed by atoms with Gasteiger partial charge in [0.05, 0.1) is 28.0 Å². The summed E-state index contributed by atoms with van der Waals surface area (Å²) in [6, 6.07) is 26.4. The first kappa shape index (κ1) is 32.0. The number of rotatable bonds is 6. The number of hydrogen-bond donors (Lipinski definition) is 4. The summed E-state index contributed by atoms with van der Waals surface area (Å²) in [6.45, 7) is 1.15. The highest BCUT2D eigenvalue weighted by atomic mass is 16.7. The van der Waals surface area contributed by atoms with Gasteiger partial charge in [0.15, 0.2) is 11.5 Å². The number of carbonyl (C=O) groups is 2. The van der Waals surface area contributed by atoms with Crippen LogP contribution in [0, 0.1) is 5.41 Å². The van der Waals surface area contributed by atoms with Gasteiger partial charge in [0.1, 0.15) is 17.2 Å². The summed E-state index contributed by atoms with van der Waals surface area (Å²) in [6.07, 6.45) is 3.10. The summed E-state index contributed by atoms with van der Waals surface area (Å²) in [4.78, 5) is 41.7. The van der Waals surface area contributed by atoms with Gasteiger partial charge < -0.3 is 40.0 Å². The van der Waals surface area contributed by atoms with Gasteiger partial charge in [-0.05, 0) is 91.2 Å². The molecule has 1 saturated heterocycles. The van der Waals surface area contributed by atoms with Gasteiger partial charge in [-0.3, -0.25) is 9.78 Å². The molecule has 3 aromatic carbocycles. The molecule has 4 aliphatic rings. The van der Waals surface area contributed by atoms with E-state index in [1.54, 1.807) is 59.6 Å². The van der Waals surface area contributed by atoms with Crippen molar-refractivity contribution in [1.29, 1.82) is 5.41 Å². The zero-order valence-corrected chi connectivity index (χ0v) is 28.3. The van der Waals surface area contributed by atoms with Crippen molar-refractivity contribution < 1.29 is 28.6 Å². The number of fused-ring (bicyclic) bond motifs is 3. The van der Waals surface area contributed by atoms with E-state index in [1.165, 1.54) is 6.07 Å². The average molecular weight is 705 g/mol. The number of likely N-dealkylation sites (tertiary alicyclic amines) is 1. The molecule has 5 N–H and O–H groups in total. The second kappa shape index (κ2) is 12.7. The van der Waals surface area contributed by atoms with E-state index in [0.717, 1.165) is 28.5 Å². The van der Waals surface area contributed by atoms with Gasteiger partial charge in [0, 0.05) is 70.7 Å².